The van der Waals surface area contributed by atoms with Gasteiger partial charge >= 0.3 is 0 Å². The van der Waals surface area contributed by atoms with E-state index < -0.39 is 0 Å². The molecule has 0 amide bonds. The molecular formula is C62H46N2O2. The van der Waals surface area contributed by atoms with Gasteiger partial charge in [-0.2, -0.15) is 0 Å². The number of anilines is 6. The van der Waals surface area contributed by atoms with Crippen LogP contribution in [-0.4, -0.2) is 5.11 Å². The summed E-state index contributed by atoms with van der Waals surface area (Å²) in [5.74, 6) is 0.260. The van der Waals surface area contributed by atoms with Crippen LogP contribution in [0.15, 0.2) is 247 Å². The minimum atomic E-state index is 0.260. The Bertz CT molecular complexity index is 3430. The van der Waals surface area contributed by atoms with Crippen molar-refractivity contribution in [2.45, 2.75) is 13.3 Å². The maximum Gasteiger partial charge on any atom is 0.135 e. The summed E-state index contributed by atoms with van der Waals surface area (Å²) in [5.41, 5.74) is 17.8. The summed E-state index contributed by atoms with van der Waals surface area (Å²) < 4.78 is 6.23. The SMILES string of the molecule is CCc1ccccc1-c1cc(N(c2ccc(-c3ccccc3)cc2)c2ccc(-c3ccc(N(c4ccc(-c5ccccc5)cc4)c4ccc5oc6ccccc6c5c4)cc3)cc2)ccc1O. The zero-order valence-corrected chi connectivity index (χ0v) is 36.6. The van der Waals surface area contributed by atoms with Gasteiger partial charge in [-0.25, -0.2) is 0 Å². The molecule has 4 heteroatoms. The van der Waals surface area contributed by atoms with E-state index in [-0.39, 0.29) is 5.75 Å². The smallest absolute Gasteiger partial charge is 0.135 e. The highest BCUT2D eigenvalue weighted by molar-refractivity contribution is 6.06. The summed E-state index contributed by atoms with van der Waals surface area (Å²) >= 11 is 0. The third-order valence-electron chi connectivity index (χ3n) is 12.6. The second-order valence-electron chi connectivity index (χ2n) is 16.6. The van der Waals surface area contributed by atoms with Gasteiger partial charge in [0.2, 0.25) is 0 Å². The Hall–Kier alpha value is -8.60. The largest absolute Gasteiger partial charge is 0.507 e. The number of fused-ring (bicyclic) bond motifs is 3. The normalized spacial score (nSPS) is 11.2. The summed E-state index contributed by atoms with van der Waals surface area (Å²) in [7, 11) is 0. The zero-order chi connectivity index (χ0) is 44.4. The Morgan fingerprint density at radius 2 is 0.727 bits per heavy atom. The summed E-state index contributed by atoms with van der Waals surface area (Å²) in [5, 5.41) is 13.4. The van der Waals surface area contributed by atoms with E-state index in [0.717, 1.165) is 90.3 Å². The molecular weight excluding hydrogens is 805 g/mol. The van der Waals surface area contributed by atoms with Crippen molar-refractivity contribution in [3.05, 3.63) is 248 Å². The number of phenols is 1. The number of furan rings is 1. The van der Waals surface area contributed by atoms with Gasteiger partial charge in [-0.15, -0.1) is 0 Å². The molecule has 11 aromatic rings. The molecule has 0 fully saturated rings. The summed E-state index contributed by atoms with van der Waals surface area (Å²) in [6.07, 6.45) is 0.866. The first-order valence-corrected chi connectivity index (χ1v) is 22.5. The molecule has 0 radical (unpaired) electrons. The minimum absolute atomic E-state index is 0.260. The number of nitrogens with zero attached hydrogens (tertiary/aromatic N) is 2. The van der Waals surface area contributed by atoms with E-state index in [1.807, 2.05) is 36.4 Å². The van der Waals surface area contributed by atoms with Crippen molar-refractivity contribution in [2.75, 3.05) is 9.80 Å². The number of hydrogen-bond donors (Lipinski definition) is 1. The van der Waals surface area contributed by atoms with Crippen molar-refractivity contribution in [3.8, 4) is 50.3 Å². The van der Waals surface area contributed by atoms with E-state index >= 15 is 0 Å². The van der Waals surface area contributed by atoms with Gasteiger partial charge in [-0.3, -0.25) is 0 Å². The Morgan fingerprint density at radius 3 is 1.24 bits per heavy atom. The van der Waals surface area contributed by atoms with Crippen LogP contribution in [0.5, 0.6) is 5.75 Å². The van der Waals surface area contributed by atoms with Crippen molar-refractivity contribution < 1.29 is 9.52 Å². The molecule has 10 aromatic carbocycles. The summed E-state index contributed by atoms with van der Waals surface area (Å²) in [6.45, 7) is 2.15. The van der Waals surface area contributed by atoms with Crippen molar-refractivity contribution >= 4 is 56.1 Å². The zero-order valence-electron chi connectivity index (χ0n) is 36.6. The first-order valence-electron chi connectivity index (χ1n) is 22.5. The van der Waals surface area contributed by atoms with Gasteiger partial charge in [-0.1, -0.05) is 159 Å². The van der Waals surface area contributed by atoms with E-state index in [1.165, 1.54) is 22.3 Å². The van der Waals surface area contributed by atoms with Crippen LogP contribution in [-0.2, 0) is 6.42 Å². The predicted octanol–water partition coefficient (Wildman–Crippen LogP) is 17.5. The van der Waals surface area contributed by atoms with E-state index in [4.69, 9.17) is 4.42 Å². The van der Waals surface area contributed by atoms with E-state index in [2.05, 4.69) is 223 Å². The molecule has 4 nitrogen and oxygen atoms in total. The number of aromatic hydroxyl groups is 1. The van der Waals surface area contributed by atoms with Gasteiger partial charge in [0.25, 0.3) is 0 Å². The van der Waals surface area contributed by atoms with E-state index in [9.17, 15) is 5.11 Å². The second kappa shape index (κ2) is 17.5. The molecule has 316 valence electrons. The Kier molecular flexibility index (Phi) is 10.7. The maximum atomic E-state index is 11.2. The lowest BCUT2D eigenvalue weighted by Crippen LogP contribution is -2.10. The first kappa shape index (κ1) is 40.2. The number of rotatable bonds is 11. The van der Waals surface area contributed by atoms with E-state index in [1.54, 1.807) is 0 Å². The molecule has 0 unspecified atom stereocenters. The standard InChI is InChI=1S/C62H46N2O2/c1-2-43-13-9-10-18-56(43)58-41-54(37-39-60(58)65)63(50-29-21-46(22-30-50)44-14-5-3-6-15-44)51-33-25-48(26-34-51)49-27-35-53(36-28-49)64(52-31-23-47(24-32-52)45-16-7-4-8-17-45)55-38-40-62-59(42-55)57-19-11-12-20-61(57)66-62/h3-42,65H,2H2,1H3. The van der Waals surface area contributed by atoms with Crippen molar-refractivity contribution in [1.82, 2.24) is 0 Å². The van der Waals surface area contributed by atoms with Gasteiger partial charge in [-0.05, 0) is 142 Å². The third kappa shape index (κ3) is 7.75. The highest BCUT2D eigenvalue weighted by Gasteiger charge is 2.19. The van der Waals surface area contributed by atoms with Gasteiger partial charge in [0.05, 0.1) is 0 Å². The molecule has 66 heavy (non-hydrogen) atoms. The number of phenolic OH excluding ortho intramolecular Hbond substituents is 1. The monoisotopic (exact) mass is 850 g/mol. The topological polar surface area (TPSA) is 39.9 Å². The maximum absolute atomic E-state index is 11.2. The van der Waals surface area contributed by atoms with Crippen LogP contribution in [0.3, 0.4) is 0 Å². The van der Waals surface area contributed by atoms with Gasteiger partial charge < -0.3 is 19.3 Å². The lowest BCUT2D eigenvalue weighted by molar-refractivity contribution is 0.477. The van der Waals surface area contributed by atoms with Gasteiger partial charge in [0, 0.05) is 50.5 Å². The minimum Gasteiger partial charge on any atom is -0.507 e. The molecule has 11 rings (SSSR count). The van der Waals surface area contributed by atoms with Crippen LogP contribution in [0, 0.1) is 0 Å². The molecule has 0 aliphatic heterocycles. The van der Waals surface area contributed by atoms with Crippen molar-refractivity contribution in [3.63, 3.8) is 0 Å². The fourth-order valence-electron chi connectivity index (χ4n) is 9.19. The highest BCUT2D eigenvalue weighted by atomic mass is 16.3. The Morgan fingerprint density at radius 1 is 0.333 bits per heavy atom. The molecule has 0 aliphatic rings. The fourth-order valence-corrected chi connectivity index (χ4v) is 9.19. The molecule has 0 saturated carbocycles. The van der Waals surface area contributed by atoms with Crippen LogP contribution in [0.1, 0.15) is 12.5 Å². The number of aryl methyl sites for hydroxylation is 1. The Labute approximate surface area is 385 Å². The van der Waals surface area contributed by atoms with E-state index in [0.29, 0.717) is 0 Å². The molecule has 1 N–H and O–H groups in total. The Balaban J connectivity index is 0.951. The van der Waals surface area contributed by atoms with Crippen molar-refractivity contribution in [1.29, 1.82) is 0 Å². The molecule has 1 aromatic heterocycles. The molecule has 1 heterocycles. The quantitative estimate of drug-likeness (QED) is 0.141. The molecule has 0 atom stereocenters. The average Bonchev–Trinajstić information content (AvgIpc) is 3.76. The van der Waals surface area contributed by atoms with Crippen LogP contribution in [0.25, 0.3) is 66.4 Å². The molecule has 0 bridgehead atoms. The average molecular weight is 851 g/mol. The van der Waals surface area contributed by atoms with Gasteiger partial charge in [0.15, 0.2) is 0 Å². The lowest BCUT2D eigenvalue weighted by Gasteiger charge is -2.27. The summed E-state index contributed by atoms with van der Waals surface area (Å²) in [4.78, 5) is 4.58. The summed E-state index contributed by atoms with van der Waals surface area (Å²) in [6, 6.07) is 85.0. The van der Waals surface area contributed by atoms with Crippen LogP contribution in [0.2, 0.25) is 0 Å². The second-order valence-corrected chi connectivity index (χ2v) is 16.6. The van der Waals surface area contributed by atoms with Crippen LogP contribution in [0.4, 0.5) is 34.1 Å². The first-order chi connectivity index (χ1) is 32.6. The molecule has 0 aliphatic carbocycles. The molecule has 0 saturated heterocycles. The number of para-hydroxylation sites is 1. The molecule has 0 spiro atoms. The van der Waals surface area contributed by atoms with Gasteiger partial charge in [0.1, 0.15) is 16.9 Å². The lowest BCUT2D eigenvalue weighted by atomic mass is 9.96. The highest BCUT2D eigenvalue weighted by Crippen LogP contribution is 2.43. The van der Waals surface area contributed by atoms with Crippen molar-refractivity contribution in [2.24, 2.45) is 0 Å². The number of hydrogen-bond acceptors (Lipinski definition) is 4. The van der Waals surface area contributed by atoms with Crippen LogP contribution < -0.4 is 9.80 Å². The number of benzene rings is 10. The third-order valence-corrected chi connectivity index (χ3v) is 12.6. The van der Waals surface area contributed by atoms with Crippen LogP contribution >= 0.6 is 0 Å². The fraction of sp³-hybridized carbons (Fsp3) is 0.0323. The predicted molar refractivity (Wildman–Crippen MR) is 276 cm³/mol.